The Morgan fingerprint density at radius 2 is 2.64 bits per heavy atom. The number of hydrogen-bond acceptors (Lipinski definition) is 3. The Kier molecular flexibility index (Phi) is 2.66. The fourth-order valence-corrected chi connectivity index (χ4v) is 0.757. The summed E-state index contributed by atoms with van der Waals surface area (Å²) in [5.74, 6) is 0.608. The molecule has 0 amide bonds. The fraction of sp³-hybridized carbons (Fsp3) is 0.429. The summed E-state index contributed by atoms with van der Waals surface area (Å²) in [6, 6.07) is 0. The molecule has 0 spiro atoms. The number of nitrogens with one attached hydrogen (secondary N) is 1. The van der Waals surface area contributed by atoms with Crippen molar-refractivity contribution in [1.29, 1.82) is 0 Å². The van der Waals surface area contributed by atoms with E-state index in [2.05, 4.69) is 14.7 Å². The minimum Gasteiger partial charge on any atom is -0.469 e. The molecule has 1 N–H and O–H groups in total. The number of H-pyrrole nitrogens is 1. The van der Waals surface area contributed by atoms with Gasteiger partial charge in [0.1, 0.15) is 5.82 Å². The van der Waals surface area contributed by atoms with Gasteiger partial charge in [-0.3, -0.25) is 4.79 Å². The highest BCUT2D eigenvalue weighted by molar-refractivity contribution is 5.69. The monoisotopic (exact) mass is 154 g/mol. The second-order valence-corrected chi connectivity index (χ2v) is 2.11. The summed E-state index contributed by atoms with van der Waals surface area (Å²) in [6.45, 7) is 0. The van der Waals surface area contributed by atoms with E-state index in [1.165, 1.54) is 7.11 Å². The second kappa shape index (κ2) is 3.75. The van der Waals surface area contributed by atoms with E-state index in [0.29, 0.717) is 12.8 Å². The molecular weight excluding hydrogens is 144 g/mol. The number of aromatic nitrogens is 2. The normalized spacial score (nSPS) is 9.55. The van der Waals surface area contributed by atoms with Gasteiger partial charge in [0.15, 0.2) is 0 Å². The first-order chi connectivity index (χ1) is 5.33. The average Bonchev–Trinajstić information content (AvgIpc) is 2.52. The van der Waals surface area contributed by atoms with E-state index < -0.39 is 0 Å². The van der Waals surface area contributed by atoms with Crippen molar-refractivity contribution in [2.75, 3.05) is 7.11 Å². The van der Waals surface area contributed by atoms with Gasteiger partial charge in [-0.15, -0.1) is 0 Å². The van der Waals surface area contributed by atoms with E-state index >= 15 is 0 Å². The van der Waals surface area contributed by atoms with Crippen LogP contribution in [0.1, 0.15) is 12.2 Å². The van der Waals surface area contributed by atoms with E-state index in [4.69, 9.17) is 0 Å². The third-order valence-electron chi connectivity index (χ3n) is 1.35. The van der Waals surface area contributed by atoms with Gasteiger partial charge in [0.25, 0.3) is 0 Å². The van der Waals surface area contributed by atoms with Crippen molar-refractivity contribution in [2.45, 2.75) is 12.8 Å². The Labute approximate surface area is 64.6 Å². The van der Waals surface area contributed by atoms with Crippen molar-refractivity contribution in [2.24, 2.45) is 0 Å². The molecule has 4 nitrogen and oxygen atoms in total. The standard InChI is InChI=1S/C7H10N2O2/c1-11-7(10)3-2-6-8-4-5-9-6/h4-5H,2-3H2,1H3,(H,8,9). The quantitative estimate of drug-likeness (QED) is 0.645. The molecule has 11 heavy (non-hydrogen) atoms. The van der Waals surface area contributed by atoms with Gasteiger partial charge in [0.2, 0.25) is 0 Å². The lowest BCUT2D eigenvalue weighted by atomic mass is 10.3. The van der Waals surface area contributed by atoms with Crippen LogP contribution in [-0.4, -0.2) is 23.0 Å². The number of esters is 1. The van der Waals surface area contributed by atoms with Gasteiger partial charge in [-0.25, -0.2) is 4.98 Å². The number of carbonyl (C=O) groups excluding carboxylic acids is 1. The number of ether oxygens (including phenoxy) is 1. The molecule has 0 radical (unpaired) electrons. The van der Waals surface area contributed by atoms with E-state index in [1.54, 1.807) is 12.4 Å². The van der Waals surface area contributed by atoms with Gasteiger partial charge >= 0.3 is 5.97 Å². The molecule has 0 aromatic carbocycles. The van der Waals surface area contributed by atoms with Crippen LogP contribution < -0.4 is 0 Å². The Morgan fingerprint density at radius 3 is 3.18 bits per heavy atom. The molecule has 1 aromatic heterocycles. The van der Waals surface area contributed by atoms with Crippen molar-refractivity contribution in [3.05, 3.63) is 18.2 Å². The predicted molar refractivity (Wildman–Crippen MR) is 38.9 cm³/mol. The van der Waals surface area contributed by atoms with Gasteiger partial charge in [-0.1, -0.05) is 0 Å². The smallest absolute Gasteiger partial charge is 0.305 e. The highest BCUT2D eigenvalue weighted by atomic mass is 16.5. The summed E-state index contributed by atoms with van der Waals surface area (Å²) in [5.41, 5.74) is 0. The Balaban J connectivity index is 2.29. The Hall–Kier alpha value is -1.32. The van der Waals surface area contributed by atoms with Crippen LogP contribution in [0.3, 0.4) is 0 Å². The Bertz CT molecular complexity index is 218. The SMILES string of the molecule is COC(=O)CCc1ncc[nH]1. The molecule has 0 bridgehead atoms. The average molecular weight is 154 g/mol. The van der Waals surface area contributed by atoms with Gasteiger partial charge in [-0.2, -0.15) is 0 Å². The molecule has 1 heterocycles. The van der Waals surface area contributed by atoms with Crippen molar-refractivity contribution in [3.8, 4) is 0 Å². The lowest BCUT2D eigenvalue weighted by Gasteiger charge is -1.95. The van der Waals surface area contributed by atoms with Crippen LogP contribution in [0, 0.1) is 0 Å². The van der Waals surface area contributed by atoms with Crippen molar-refractivity contribution in [1.82, 2.24) is 9.97 Å². The topological polar surface area (TPSA) is 55.0 Å². The highest BCUT2D eigenvalue weighted by Crippen LogP contribution is 1.95. The molecule has 0 aliphatic carbocycles. The first kappa shape index (κ1) is 7.78. The summed E-state index contributed by atoms with van der Waals surface area (Å²) >= 11 is 0. The van der Waals surface area contributed by atoms with E-state index in [0.717, 1.165) is 5.82 Å². The van der Waals surface area contributed by atoms with Crippen LogP contribution in [0.5, 0.6) is 0 Å². The molecule has 4 heteroatoms. The van der Waals surface area contributed by atoms with Crippen LogP contribution in [0.25, 0.3) is 0 Å². The van der Waals surface area contributed by atoms with Crippen LogP contribution >= 0.6 is 0 Å². The molecular formula is C7H10N2O2. The van der Waals surface area contributed by atoms with Crippen molar-refractivity contribution >= 4 is 5.97 Å². The zero-order valence-electron chi connectivity index (χ0n) is 6.33. The number of aromatic amines is 1. The first-order valence-electron chi connectivity index (χ1n) is 3.38. The van der Waals surface area contributed by atoms with Gasteiger partial charge in [-0.05, 0) is 0 Å². The number of aryl methyl sites for hydroxylation is 1. The van der Waals surface area contributed by atoms with Crippen LogP contribution in [0.4, 0.5) is 0 Å². The van der Waals surface area contributed by atoms with Crippen LogP contribution in [0.2, 0.25) is 0 Å². The molecule has 0 saturated carbocycles. The molecule has 0 aliphatic rings. The number of methoxy groups -OCH3 is 1. The number of imidazole rings is 1. The zero-order valence-corrected chi connectivity index (χ0v) is 6.33. The molecule has 0 fully saturated rings. The lowest BCUT2D eigenvalue weighted by Crippen LogP contribution is -2.02. The Morgan fingerprint density at radius 1 is 1.82 bits per heavy atom. The molecule has 0 atom stereocenters. The van der Waals surface area contributed by atoms with Gasteiger partial charge < -0.3 is 9.72 Å². The maximum atomic E-state index is 10.6. The molecule has 60 valence electrons. The van der Waals surface area contributed by atoms with Crippen LogP contribution in [-0.2, 0) is 16.0 Å². The van der Waals surface area contributed by atoms with Gasteiger partial charge in [0.05, 0.1) is 13.5 Å². The van der Waals surface area contributed by atoms with E-state index in [1.807, 2.05) is 0 Å². The van der Waals surface area contributed by atoms with Crippen LogP contribution in [0.15, 0.2) is 12.4 Å². The number of rotatable bonds is 3. The number of hydrogen-bond donors (Lipinski definition) is 1. The van der Waals surface area contributed by atoms with Crippen molar-refractivity contribution in [3.63, 3.8) is 0 Å². The van der Waals surface area contributed by atoms with Crippen molar-refractivity contribution < 1.29 is 9.53 Å². The highest BCUT2D eigenvalue weighted by Gasteiger charge is 2.01. The largest absolute Gasteiger partial charge is 0.469 e. The van der Waals surface area contributed by atoms with E-state index in [-0.39, 0.29) is 5.97 Å². The maximum absolute atomic E-state index is 10.6. The fourth-order valence-electron chi connectivity index (χ4n) is 0.757. The molecule has 0 unspecified atom stereocenters. The molecule has 1 rings (SSSR count). The summed E-state index contributed by atoms with van der Waals surface area (Å²) < 4.78 is 4.47. The summed E-state index contributed by atoms with van der Waals surface area (Å²) in [6.07, 6.45) is 4.38. The minimum absolute atomic E-state index is 0.207. The van der Waals surface area contributed by atoms with E-state index in [9.17, 15) is 4.79 Å². The number of nitrogens with zero attached hydrogens (tertiary/aromatic N) is 1. The maximum Gasteiger partial charge on any atom is 0.305 e. The summed E-state index contributed by atoms with van der Waals surface area (Å²) in [5, 5.41) is 0. The number of carbonyl (C=O) groups is 1. The second-order valence-electron chi connectivity index (χ2n) is 2.11. The van der Waals surface area contributed by atoms with Gasteiger partial charge in [0, 0.05) is 18.8 Å². The predicted octanol–water partition coefficient (Wildman–Crippen LogP) is 0.515. The molecule has 1 aromatic rings. The third kappa shape index (κ3) is 2.41. The summed E-state index contributed by atoms with van der Waals surface area (Å²) in [4.78, 5) is 17.5. The third-order valence-corrected chi connectivity index (χ3v) is 1.35. The minimum atomic E-state index is -0.207. The molecule has 0 saturated heterocycles. The lowest BCUT2D eigenvalue weighted by molar-refractivity contribution is -0.140. The zero-order chi connectivity index (χ0) is 8.10. The summed E-state index contributed by atoms with van der Waals surface area (Å²) in [7, 11) is 1.38. The first-order valence-corrected chi connectivity index (χ1v) is 3.38. The molecule has 0 aliphatic heterocycles.